The van der Waals surface area contributed by atoms with Gasteiger partial charge in [0, 0.05) is 21.2 Å². The summed E-state index contributed by atoms with van der Waals surface area (Å²) in [6.07, 6.45) is 0. The predicted octanol–water partition coefficient (Wildman–Crippen LogP) is 3.61. The molecule has 0 spiro atoms. The number of carbonyl (C=O) groups is 1. The van der Waals surface area contributed by atoms with E-state index in [9.17, 15) is 4.79 Å². The number of hydrogen-bond acceptors (Lipinski definition) is 3. The average Bonchev–Trinajstić information content (AvgIpc) is 2.26. The van der Waals surface area contributed by atoms with Gasteiger partial charge in [-0.1, -0.05) is 22.9 Å². The Morgan fingerprint density at radius 1 is 1.59 bits per heavy atom. The van der Waals surface area contributed by atoms with E-state index >= 15 is 0 Å². The molecule has 1 aromatic carbocycles. The Labute approximate surface area is 120 Å². The summed E-state index contributed by atoms with van der Waals surface area (Å²) in [4.78, 5) is 12.7. The Bertz CT molecular complexity index is 398. The predicted molar refractivity (Wildman–Crippen MR) is 81.3 cm³/mol. The highest BCUT2D eigenvalue weighted by molar-refractivity contribution is 9.10. The minimum atomic E-state index is -0.0632. The van der Waals surface area contributed by atoms with Crippen LogP contribution in [0.15, 0.2) is 27.6 Å². The van der Waals surface area contributed by atoms with Crippen LogP contribution in [-0.2, 0) is 0 Å². The van der Waals surface area contributed by atoms with Crippen molar-refractivity contribution in [2.45, 2.75) is 24.8 Å². The van der Waals surface area contributed by atoms with Gasteiger partial charge in [0.15, 0.2) is 0 Å². The van der Waals surface area contributed by atoms with Gasteiger partial charge in [0.25, 0.3) is 5.91 Å². The second kappa shape index (κ2) is 7.34. The molecular weight excluding hydrogens is 318 g/mol. The zero-order valence-electron chi connectivity index (χ0n) is 9.87. The van der Waals surface area contributed by atoms with Crippen molar-refractivity contribution in [1.82, 2.24) is 5.32 Å². The van der Waals surface area contributed by atoms with Crippen molar-refractivity contribution in [3.8, 4) is 0 Å². The van der Waals surface area contributed by atoms with E-state index < -0.39 is 0 Å². The summed E-state index contributed by atoms with van der Waals surface area (Å²) >= 11 is 9.47. The maximum Gasteiger partial charge on any atom is 0.252 e. The van der Waals surface area contributed by atoms with Gasteiger partial charge >= 0.3 is 0 Å². The molecule has 1 unspecified atom stereocenters. The Morgan fingerprint density at radius 3 is 2.88 bits per heavy atom. The normalized spacial score (nSPS) is 12.2. The molecule has 0 heterocycles. The van der Waals surface area contributed by atoms with Crippen LogP contribution in [0.5, 0.6) is 0 Å². The molecule has 0 aliphatic rings. The third-order valence-electron chi connectivity index (χ3n) is 2.15. The number of benzene rings is 1. The van der Waals surface area contributed by atoms with Crippen molar-refractivity contribution in [2.75, 3.05) is 11.5 Å². The van der Waals surface area contributed by atoms with Gasteiger partial charge in [-0.25, -0.2) is 0 Å². The van der Waals surface area contributed by atoms with Gasteiger partial charge in [0.05, 0.1) is 5.56 Å². The molecule has 2 nitrogen and oxygen atoms in total. The molecule has 0 aromatic heterocycles. The van der Waals surface area contributed by atoms with Crippen molar-refractivity contribution in [3.63, 3.8) is 0 Å². The van der Waals surface area contributed by atoms with E-state index in [1.54, 1.807) is 6.07 Å². The van der Waals surface area contributed by atoms with Gasteiger partial charge in [0.1, 0.15) is 0 Å². The second-order valence-electron chi connectivity index (χ2n) is 3.70. The molecule has 1 rings (SSSR count). The maximum atomic E-state index is 12.0. The maximum absolute atomic E-state index is 12.0. The molecule has 1 atom stereocenters. The lowest BCUT2D eigenvalue weighted by atomic mass is 10.2. The lowest BCUT2D eigenvalue weighted by molar-refractivity contribution is 0.0941. The Morgan fingerprint density at radius 2 is 2.29 bits per heavy atom. The first kappa shape index (κ1) is 14.9. The highest BCUT2D eigenvalue weighted by Crippen LogP contribution is 2.19. The third kappa shape index (κ3) is 4.94. The third-order valence-corrected chi connectivity index (χ3v) is 4.16. The molecule has 94 valence electrons. The summed E-state index contributed by atoms with van der Waals surface area (Å²) in [5.74, 6) is 1.93. The van der Waals surface area contributed by atoms with Crippen LogP contribution in [0.1, 0.15) is 24.2 Å². The number of thiol groups is 1. The smallest absolute Gasteiger partial charge is 0.252 e. The fourth-order valence-electron chi connectivity index (χ4n) is 1.33. The molecule has 0 radical (unpaired) electrons. The first-order chi connectivity index (χ1) is 8.04. The van der Waals surface area contributed by atoms with Crippen LogP contribution >= 0.6 is 40.3 Å². The average molecular weight is 334 g/mol. The standard InChI is InChI=1S/C12H16BrNOS2/c1-3-17-7-8(2)14-12(15)10-5-4-9(13)6-11(10)16/h4-6,8,16H,3,7H2,1-2H3,(H,14,15). The molecule has 0 fully saturated rings. The van der Waals surface area contributed by atoms with Gasteiger partial charge in [0.2, 0.25) is 0 Å². The zero-order valence-corrected chi connectivity index (χ0v) is 13.2. The summed E-state index contributed by atoms with van der Waals surface area (Å²) < 4.78 is 0.925. The molecule has 0 saturated carbocycles. The molecule has 1 amide bonds. The summed E-state index contributed by atoms with van der Waals surface area (Å²) in [7, 11) is 0. The minimum absolute atomic E-state index is 0.0632. The Hall–Kier alpha value is -0.130. The van der Waals surface area contributed by atoms with Crippen LogP contribution in [0, 0.1) is 0 Å². The summed E-state index contributed by atoms with van der Waals surface area (Å²) in [6.45, 7) is 4.12. The summed E-state index contributed by atoms with van der Waals surface area (Å²) in [5.41, 5.74) is 0.616. The number of rotatable bonds is 5. The molecule has 1 aromatic rings. The number of thioether (sulfide) groups is 1. The Kier molecular flexibility index (Phi) is 6.44. The van der Waals surface area contributed by atoms with Crippen molar-refractivity contribution < 1.29 is 4.79 Å². The molecule has 0 aliphatic carbocycles. The fourth-order valence-corrected chi connectivity index (χ4v) is 2.86. The van der Waals surface area contributed by atoms with Gasteiger partial charge < -0.3 is 5.32 Å². The van der Waals surface area contributed by atoms with Crippen molar-refractivity contribution in [3.05, 3.63) is 28.2 Å². The van der Waals surface area contributed by atoms with Gasteiger partial charge in [-0.15, -0.1) is 12.6 Å². The number of hydrogen-bond donors (Lipinski definition) is 2. The number of carbonyl (C=O) groups excluding carboxylic acids is 1. The first-order valence-corrected chi connectivity index (χ1v) is 7.81. The van der Waals surface area contributed by atoms with E-state index in [-0.39, 0.29) is 11.9 Å². The van der Waals surface area contributed by atoms with E-state index in [1.807, 2.05) is 30.8 Å². The van der Waals surface area contributed by atoms with E-state index in [2.05, 4.69) is 40.8 Å². The molecule has 1 N–H and O–H groups in total. The van der Waals surface area contributed by atoms with Crippen molar-refractivity contribution in [1.29, 1.82) is 0 Å². The lowest BCUT2D eigenvalue weighted by Gasteiger charge is -2.14. The fraction of sp³-hybridized carbons (Fsp3) is 0.417. The molecule has 0 aliphatic heterocycles. The van der Waals surface area contributed by atoms with E-state index in [0.717, 1.165) is 16.0 Å². The van der Waals surface area contributed by atoms with Crippen LogP contribution < -0.4 is 5.32 Å². The molecular formula is C12H16BrNOS2. The molecule has 5 heteroatoms. The largest absolute Gasteiger partial charge is 0.349 e. The SMILES string of the molecule is CCSCC(C)NC(=O)c1ccc(Br)cc1S. The van der Waals surface area contributed by atoms with Gasteiger partial charge in [-0.3, -0.25) is 4.79 Å². The number of amides is 1. The summed E-state index contributed by atoms with van der Waals surface area (Å²) in [6, 6.07) is 5.62. The quantitative estimate of drug-likeness (QED) is 0.806. The van der Waals surface area contributed by atoms with Gasteiger partial charge in [-0.2, -0.15) is 11.8 Å². The van der Waals surface area contributed by atoms with Crippen LogP contribution in [0.3, 0.4) is 0 Å². The van der Waals surface area contributed by atoms with Crippen LogP contribution in [0.2, 0.25) is 0 Å². The van der Waals surface area contributed by atoms with E-state index in [0.29, 0.717) is 10.5 Å². The van der Waals surface area contributed by atoms with Crippen molar-refractivity contribution in [2.24, 2.45) is 0 Å². The highest BCUT2D eigenvalue weighted by atomic mass is 79.9. The van der Waals surface area contributed by atoms with E-state index in [4.69, 9.17) is 0 Å². The highest BCUT2D eigenvalue weighted by Gasteiger charge is 2.12. The molecule has 0 saturated heterocycles. The second-order valence-corrected chi connectivity index (χ2v) is 6.41. The van der Waals surface area contributed by atoms with Crippen LogP contribution in [0.4, 0.5) is 0 Å². The van der Waals surface area contributed by atoms with E-state index in [1.165, 1.54) is 0 Å². The van der Waals surface area contributed by atoms with Gasteiger partial charge in [-0.05, 0) is 30.9 Å². The van der Waals surface area contributed by atoms with Crippen LogP contribution in [0.25, 0.3) is 0 Å². The van der Waals surface area contributed by atoms with Crippen LogP contribution in [-0.4, -0.2) is 23.5 Å². The monoisotopic (exact) mass is 333 g/mol. The molecule has 17 heavy (non-hydrogen) atoms. The zero-order chi connectivity index (χ0) is 12.8. The minimum Gasteiger partial charge on any atom is -0.349 e. The number of halogens is 1. The number of nitrogens with one attached hydrogen (secondary N) is 1. The lowest BCUT2D eigenvalue weighted by Crippen LogP contribution is -2.34. The Balaban J connectivity index is 2.63. The molecule has 0 bridgehead atoms. The van der Waals surface area contributed by atoms with Crippen molar-refractivity contribution >= 4 is 46.2 Å². The topological polar surface area (TPSA) is 29.1 Å². The first-order valence-electron chi connectivity index (χ1n) is 5.41. The summed E-state index contributed by atoms with van der Waals surface area (Å²) in [5, 5.41) is 2.97.